The van der Waals surface area contributed by atoms with Gasteiger partial charge in [-0.05, 0) is 24.6 Å². The zero-order chi connectivity index (χ0) is 11.8. The van der Waals surface area contributed by atoms with Gasteiger partial charge < -0.3 is 20.9 Å². The molecule has 0 aromatic heterocycles. The summed E-state index contributed by atoms with van der Waals surface area (Å²) in [7, 11) is 0. The third kappa shape index (κ3) is 4.70. The van der Waals surface area contributed by atoms with E-state index < -0.39 is 0 Å². The number of aliphatic hydroxyl groups excluding tert-OH is 1. The monoisotopic (exact) mass is 244 g/mol. The highest BCUT2D eigenvalue weighted by molar-refractivity contribution is 6.31. The molecule has 0 spiro atoms. The highest BCUT2D eigenvalue weighted by Gasteiger charge is 1.98. The van der Waals surface area contributed by atoms with Crippen LogP contribution in [0.15, 0.2) is 18.2 Å². The maximum absolute atomic E-state index is 8.50. The first kappa shape index (κ1) is 13.1. The number of anilines is 2. The van der Waals surface area contributed by atoms with Gasteiger partial charge in [0.15, 0.2) is 0 Å². The molecule has 0 amide bonds. The van der Waals surface area contributed by atoms with Crippen molar-refractivity contribution in [1.29, 1.82) is 0 Å². The molecule has 0 heterocycles. The van der Waals surface area contributed by atoms with Gasteiger partial charge in [-0.1, -0.05) is 11.6 Å². The molecule has 1 aromatic rings. The SMILES string of the molecule is Nc1ccc(Cl)cc1NCCCOCCO. The van der Waals surface area contributed by atoms with Crippen molar-refractivity contribution in [2.75, 3.05) is 37.4 Å². The molecule has 0 unspecified atom stereocenters. The summed E-state index contributed by atoms with van der Waals surface area (Å²) in [6.45, 7) is 1.83. The first-order valence-electron chi connectivity index (χ1n) is 5.21. The summed E-state index contributed by atoms with van der Waals surface area (Å²) in [4.78, 5) is 0. The Balaban J connectivity index is 2.23. The maximum atomic E-state index is 8.50. The van der Waals surface area contributed by atoms with Crippen molar-refractivity contribution >= 4 is 23.0 Å². The van der Waals surface area contributed by atoms with E-state index in [1.165, 1.54) is 0 Å². The molecule has 0 aliphatic heterocycles. The number of nitrogen functional groups attached to an aromatic ring is 1. The minimum atomic E-state index is 0.0642. The second kappa shape index (κ2) is 7.33. The number of rotatable bonds is 7. The zero-order valence-electron chi connectivity index (χ0n) is 9.08. The predicted octanol–water partition coefficient (Wildman–Crippen LogP) is 1.73. The summed E-state index contributed by atoms with van der Waals surface area (Å²) in [5.41, 5.74) is 7.29. The third-order valence-electron chi connectivity index (χ3n) is 2.03. The molecule has 0 saturated heterocycles. The lowest BCUT2D eigenvalue weighted by atomic mass is 10.2. The molecule has 1 aromatic carbocycles. The Morgan fingerprint density at radius 2 is 2.19 bits per heavy atom. The van der Waals surface area contributed by atoms with Gasteiger partial charge in [0, 0.05) is 18.2 Å². The first-order chi connectivity index (χ1) is 7.74. The molecule has 0 fully saturated rings. The van der Waals surface area contributed by atoms with E-state index in [1.807, 2.05) is 0 Å². The van der Waals surface area contributed by atoms with Gasteiger partial charge in [0.1, 0.15) is 0 Å². The van der Waals surface area contributed by atoms with E-state index in [0.717, 1.165) is 18.7 Å². The molecule has 16 heavy (non-hydrogen) atoms. The normalized spacial score (nSPS) is 10.4. The molecule has 0 saturated carbocycles. The van der Waals surface area contributed by atoms with E-state index in [-0.39, 0.29) is 6.61 Å². The molecule has 0 bridgehead atoms. The Morgan fingerprint density at radius 1 is 1.38 bits per heavy atom. The summed E-state index contributed by atoms with van der Waals surface area (Å²) in [5, 5.41) is 12.3. The van der Waals surface area contributed by atoms with Gasteiger partial charge in [-0.15, -0.1) is 0 Å². The Kier molecular flexibility index (Phi) is 6.00. The molecule has 0 aliphatic carbocycles. The van der Waals surface area contributed by atoms with Crippen LogP contribution in [0.3, 0.4) is 0 Å². The lowest BCUT2D eigenvalue weighted by Gasteiger charge is -2.09. The molecule has 4 nitrogen and oxygen atoms in total. The molecule has 90 valence electrons. The van der Waals surface area contributed by atoms with Crippen molar-refractivity contribution in [3.63, 3.8) is 0 Å². The second-order valence-corrected chi connectivity index (χ2v) is 3.78. The van der Waals surface area contributed by atoms with Crippen molar-refractivity contribution in [2.45, 2.75) is 6.42 Å². The zero-order valence-corrected chi connectivity index (χ0v) is 9.83. The average molecular weight is 245 g/mol. The van der Waals surface area contributed by atoms with Crippen LogP contribution in [0, 0.1) is 0 Å². The number of nitrogens with two attached hydrogens (primary N) is 1. The van der Waals surface area contributed by atoms with E-state index in [9.17, 15) is 0 Å². The molecule has 5 heteroatoms. The Labute approximate surface area is 100 Å². The largest absolute Gasteiger partial charge is 0.397 e. The minimum absolute atomic E-state index is 0.0642. The lowest BCUT2D eigenvalue weighted by Crippen LogP contribution is -2.08. The van der Waals surface area contributed by atoms with Crippen LogP contribution in [0.5, 0.6) is 0 Å². The fourth-order valence-electron chi connectivity index (χ4n) is 1.25. The number of hydrogen-bond donors (Lipinski definition) is 3. The number of hydrogen-bond acceptors (Lipinski definition) is 4. The van der Waals surface area contributed by atoms with Crippen LogP contribution < -0.4 is 11.1 Å². The van der Waals surface area contributed by atoms with Gasteiger partial charge in [-0.2, -0.15) is 0 Å². The van der Waals surface area contributed by atoms with Gasteiger partial charge in [0.05, 0.1) is 24.6 Å². The van der Waals surface area contributed by atoms with Gasteiger partial charge in [-0.25, -0.2) is 0 Å². The van der Waals surface area contributed by atoms with E-state index in [4.69, 9.17) is 27.2 Å². The van der Waals surface area contributed by atoms with Crippen molar-refractivity contribution < 1.29 is 9.84 Å². The Morgan fingerprint density at radius 3 is 2.94 bits per heavy atom. The van der Waals surface area contributed by atoms with Crippen LogP contribution >= 0.6 is 11.6 Å². The smallest absolute Gasteiger partial charge is 0.0697 e. The van der Waals surface area contributed by atoms with Gasteiger partial charge in [0.2, 0.25) is 0 Å². The highest BCUT2D eigenvalue weighted by atomic mass is 35.5. The van der Waals surface area contributed by atoms with Crippen LogP contribution in [-0.4, -0.2) is 31.5 Å². The molecule has 0 aliphatic rings. The molecule has 0 radical (unpaired) electrons. The van der Waals surface area contributed by atoms with E-state index in [1.54, 1.807) is 18.2 Å². The summed E-state index contributed by atoms with van der Waals surface area (Å²) in [6, 6.07) is 5.32. The third-order valence-corrected chi connectivity index (χ3v) is 2.27. The fourth-order valence-corrected chi connectivity index (χ4v) is 1.42. The summed E-state index contributed by atoms with van der Waals surface area (Å²) >= 11 is 5.85. The van der Waals surface area contributed by atoms with Crippen molar-refractivity contribution in [2.24, 2.45) is 0 Å². The van der Waals surface area contributed by atoms with Crippen LogP contribution in [0.4, 0.5) is 11.4 Å². The summed E-state index contributed by atoms with van der Waals surface area (Å²) < 4.78 is 5.13. The van der Waals surface area contributed by atoms with Crippen LogP contribution in [0.25, 0.3) is 0 Å². The van der Waals surface area contributed by atoms with Crippen LogP contribution in [-0.2, 0) is 4.74 Å². The average Bonchev–Trinajstić information content (AvgIpc) is 2.28. The van der Waals surface area contributed by atoms with E-state index in [0.29, 0.717) is 23.9 Å². The number of nitrogens with one attached hydrogen (secondary N) is 1. The topological polar surface area (TPSA) is 67.5 Å². The Hall–Kier alpha value is -0.970. The molecule has 1 rings (SSSR count). The number of ether oxygens (including phenoxy) is 1. The van der Waals surface area contributed by atoms with Gasteiger partial charge in [-0.3, -0.25) is 0 Å². The minimum Gasteiger partial charge on any atom is -0.397 e. The van der Waals surface area contributed by atoms with Crippen LogP contribution in [0.1, 0.15) is 6.42 Å². The first-order valence-corrected chi connectivity index (χ1v) is 5.59. The number of benzene rings is 1. The molecule has 0 atom stereocenters. The van der Waals surface area contributed by atoms with Crippen LogP contribution in [0.2, 0.25) is 5.02 Å². The Bertz CT molecular complexity index is 321. The molecule has 4 N–H and O–H groups in total. The van der Waals surface area contributed by atoms with Crippen molar-refractivity contribution in [3.05, 3.63) is 23.2 Å². The lowest BCUT2D eigenvalue weighted by molar-refractivity contribution is 0.0922. The standard InChI is InChI=1S/C11H17ClN2O2/c12-9-2-3-10(13)11(8-9)14-4-1-6-16-7-5-15/h2-3,8,14-15H,1,4-7,13H2. The van der Waals surface area contributed by atoms with E-state index >= 15 is 0 Å². The van der Waals surface area contributed by atoms with E-state index in [2.05, 4.69) is 5.32 Å². The maximum Gasteiger partial charge on any atom is 0.0697 e. The van der Waals surface area contributed by atoms with Crippen molar-refractivity contribution in [3.8, 4) is 0 Å². The van der Waals surface area contributed by atoms with Gasteiger partial charge in [0.25, 0.3) is 0 Å². The van der Waals surface area contributed by atoms with Gasteiger partial charge >= 0.3 is 0 Å². The fraction of sp³-hybridized carbons (Fsp3) is 0.455. The summed E-state index contributed by atoms with van der Waals surface area (Å²) in [5.74, 6) is 0. The summed E-state index contributed by atoms with van der Waals surface area (Å²) in [6.07, 6.45) is 0.853. The second-order valence-electron chi connectivity index (χ2n) is 3.35. The number of aliphatic hydroxyl groups is 1. The highest BCUT2D eigenvalue weighted by Crippen LogP contribution is 2.22. The number of halogens is 1. The molecular formula is C11H17ClN2O2. The predicted molar refractivity (Wildman–Crippen MR) is 66.9 cm³/mol. The van der Waals surface area contributed by atoms with Crippen molar-refractivity contribution in [1.82, 2.24) is 0 Å². The molecular weight excluding hydrogens is 228 g/mol. The quantitative estimate of drug-likeness (QED) is 0.505.